The predicted octanol–water partition coefficient (Wildman–Crippen LogP) is 3.13. The van der Waals surface area contributed by atoms with Crippen LogP contribution in [0.3, 0.4) is 0 Å². The van der Waals surface area contributed by atoms with Crippen LogP contribution in [0.25, 0.3) is 0 Å². The average Bonchev–Trinajstić information content (AvgIpc) is 2.47. The summed E-state index contributed by atoms with van der Waals surface area (Å²) in [4.78, 5) is 15.0. The van der Waals surface area contributed by atoms with E-state index in [4.69, 9.17) is 16.3 Å². The zero-order valence-electron chi connectivity index (χ0n) is 10.4. The van der Waals surface area contributed by atoms with Crippen LogP contribution < -0.4 is 10.1 Å². The molecule has 1 heterocycles. The van der Waals surface area contributed by atoms with Gasteiger partial charge in [-0.15, -0.1) is 0 Å². The van der Waals surface area contributed by atoms with Gasteiger partial charge in [0.15, 0.2) is 0 Å². The van der Waals surface area contributed by atoms with Gasteiger partial charge in [0.05, 0.1) is 0 Å². The minimum Gasteiger partial charge on any atom is -0.489 e. The Bertz CT molecular complexity index is 561. The van der Waals surface area contributed by atoms with Gasteiger partial charge in [-0.3, -0.25) is 9.78 Å². The van der Waals surface area contributed by atoms with Crippen molar-refractivity contribution >= 4 is 23.2 Å². The number of nitrogens with one attached hydrogen (secondary N) is 1. The molecule has 1 unspecified atom stereocenters. The molecule has 0 spiro atoms. The van der Waals surface area contributed by atoms with Crippen LogP contribution in [0.2, 0.25) is 0 Å². The van der Waals surface area contributed by atoms with Gasteiger partial charge >= 0.3 is 0 Å². The van der Waals surface area contributed by atoms with E-state index in [0.717, 1.165) is 5.56 Å². The first-order valence-corrected chi connectivity index (χ1v) is 6.29. The van der Waals surface area contributed by atoms with Gasteiger partial charge in [-0.1, -0.05) is 11.6 Å². The molecule has 0 radical (unpaired) electrons. The molecule has 20 heavy (non-hydrogen) atoms. The lowest BCUT2D eigenvalue weighted by molar-refractivity contribution is -0.118. The molecule has 6 heteroatoms. The van der Waals surface area contributed by atoms with Crippen LogP contribution in [-0.2, 0) is 11.4 Å². The number of hydrogen-bond donors (Lipinski definition) is 1. The van der Waals surface area contributed by atoms with Crippen molar-refractivity contribution in [3.05, 3.63) is 54.4 Å². The molecule has 1 N–H and O–H groups in total. The summed E-state index contributed by atoms with van der Waals surface area (Å²) < 4.78 is 18.1. The van der Waals surface area contributed by atoms with E-state index in [2.05, 4.69) is 10.3 Å². The molecule has 1 aromatic carbocycles. The molecule has 1 atom stereocenters. The zero-order chi connectivity index (χ0) is 14.4. The van der Waals surface area contributed by atoms with Crippen LogP contribution in [0.15, 0.2) is 48.8 Å². The highest BCUT2D eigenvalue weighted by Gasteiger charge is 2.12. The fourth-order valence-electron chi connectivity index (χ4n) is 1.48. The largest absolute Gasteiger partial charge is 0.489 e. The number of ether oxygens (including phenoxy) is 1. The molecular formula is C14H12ClFN2O2. The Kier molecular flexibility index (Phi) is 4.90. The van der Waals surface area contributed by atoms with Crippen LogP contribution in [-0.4, -0.2) is 16.5 Å². The maximum atomic E-state index is 12.5. The molecule has 104 valence electrons. The second-order valence-corrected chi connectivity index (χ2v) is 4.34. The third-order valence-corrected chi connectivity index (χ3v) is 2.67. The van der Waals surface area contributed by atoms with Crippen LogP contribution in [0.5, 0.6) is 5.75 Å². The molecule has 1 aromatic heterocycles. The predicted molar refractivity (Wildman–Crippen MR) is 74.4 cm³/mol. The van der Waals surface area contributed by atoms with E-state index in [9.17, 15) is 9.18 Å². The first-order chi connectivity index (χ1) is 9.65. The normalized spacial score (nSPS) is 11.7. The van der Waals surface area contributed by atoms with Gasteiger partial charge in [-0.25, -0.2) is 4.39 Å². The third-order valence-electron chi connectivity index (χ3n) is 2.47. The standard InChI is InChI=1S/C14H12ClFN2O2/c15-13(16)14(19)18-11-1-3-12(4-2-11)20-9-10-5-7-17-8-6-10/h1-8,13H,9H2,(H,18,19). The van der Waals surface area contributed by atoms with Gasteiger partial charge in [-0.05, 0) is 42.0 Å². The number of rotatable bonds is 5. The summed E-state index contributed by atoms with van der Waals surface area (Å²) in [5, 5.41) is 2.33. The van der Waals surface area contributed by atoms with Gasteiger partial charge in [0.25, 0.3) is 11.5 Å². The molecule has 1 amide bonds. The Morgan fingerprint density at radius 3 is 2.50 bits per heavy atom. The third kappa shape index (κ3) is 4.20. The van der Waals surface area contributed by atoms with Crippen molar-refractivity contribution in [2.75, 3.05) is 5.32 Å². The average molecular weight is 295 g/mol. The Hall–Kier alpha value is -2.14. The summed E-state index contributed by atoms with van der Waals surface area (Å²) in [5.41, 5.74) is -0.605. The van der Waals surface area contributed by atoms with Crippen molar-refractivity contribution in [2.24, 2.45) is 0 Å². The van der Waals surface area contributed by atoms with Crippen LogP contribution in [0.1, 0.15) is 5.56 Å². The molecule has 0 aliphatic heterocycles. The van der Waals surface area contributed by atoms with Crippen molar-refractivity contribution in [3.8, 4) is 5.75 Å². The Morgan fingerprint density at radius 2 is 1.90 bits per heavy atom. The Labute approximate surface area is 120 Å². The summed E-state index contributed by atoms with van der Waals surface area (Å²) in [7, 11) is 0. The summed E-state index contributed by atoms with van der Waals surface area (Å²) in [6.45, 7) is 0.419. The summed E-state index contributed by atoms with van der Waals surface area (Å²) in [5.74, 6) is -0.250. The van der Waals surface area contributed by atoms with Crippen molar-refractivity contribution in [3.63, 3.8) is 0 Å². The number of aromatic nitrogens is 1. The minimum atomic E-state index is -2.06. The lowest BCUT2D eigenvalue weighted by Gasteiger charge is -2.08. The van der Waals surface area contributed by atoms with Gasteiger partial charge in [0.1, 0.15) is 12.4 Å². The summed E-state index contributed by atoms with van der Waals surface area (Å²) >= 11 is 5.02. The lowest BCUT2D eigenvalue weighted by Crippen LogP contribution is -2.19. The molecule has 2 rings (SSSR count). The summed E-state index contributed by atoms with van der Waals surface area (Å²) in [6.07, 6.45) is 3.38. The second-order valence-electron chi connectivity index (χ2n) is 3.96. The van der Waals surface area contributed by atoms with Crippen LogP contribution in [0.4, 0.5) is 10.1 Å². The number of pyridine rings is 1. The zero-order valence-corrected chi connectivity index (χ0v) is 11.2. The molecular weight excluding hydrogens is 283 g/mol. The number of carbonyl (C=O) groups is 1. The first kappa shape index (κ1) is 14.3. The fourth-order valence-corrected chi connectivity index (χ4v) is 1.53. The number of alkyl halides is 2. The summed E-state index contributed by atoms with van der Waals surface area (Å²) in [6, 6.07) is 10.3. The van der Waals surface area contributed by atoms with Gasteiger partial charge in [0, 0.05) is 18.1 Å². The van der Waals surface area contributed by atoms with Crippen molar-refractivity contribution in [1.29, 1.82) is 0 Å². The van der Waals surface area contributed by atoms with Crippen LogP contribution in [0, 0.1) is 0 Å². The highest BCUT2D eigenvalue weighted by atomic mass is 35.5. The topological polar surface area (TPSA) is 51.2 Å². The second kappa shape index (κ2) is 6.86. The molecule has 0 aliphatic carbocycles. The molecule has 4 nitrogen and oxygen atoms in total. The van der Waals surface area contributed by atoms with Crippen LogP contribution >= 0.6 is 11.6 Å². The number of carbonyl (C=O) groups excluding carboxylic acids is 1. The van der Waals surface area contributed by atoms with E-state index >= 15 is 0 Å². The smallest absolute Gasteiger partial charge is 0.274 e. The molecule has 0 saturated heterocycles. The quantitative estimate of drug-likeness (QED) is 0.862. The van der Waals surface area contributed by atoms with E-state index in [1.54, 1.807) is 36.7 Å². The number of anilines is 1. The molecule has 0 aliphatic rings. The number of halogens is 2. The van der Waals surface area contributed by atoms with E-state index < -0.39 is 11.5 Å². The Morgan fingerprint density at radius 1 is 1.25 bits per heavy atom. The van der Waals surface area contributed by atoms with E-state index in [0.29, 0.717) is 18.0 Å². The molecule has 0 fully saturated rings. The number of benzene rings is 1. The monoisotopic (exact) mass is 294 g/mol. The van der Waals surface area contributed by atoms with E-state index in [1.807, 2.05) is 12.1 Å². The fraction of sp³-hybridized carbons (Fsp3) is 0.143. The van der Waals surface area contributed by atoms with Gasteiger partial charge in [0.2, 0.25) is 0 Å². The maximum Gasteiger partial charge on any atom is 0.274 e. The highest BCUT2D eigenvalue weighted by molar-refractivity contribution is 6.31. The Balaban J connectivity index is 1.90. The van der Waals surface area contributed by atoms with Crippen molar-refractivity contribution in [1.82, 2.24) is 4.98 Å². The minimum absolute atomic E-state index is 0.419. The van der Waals surface area contributed by atoms with E-state index in [-0.39, 0.29) is 0 Å². The van der Waals surface area contributed by atoms with E-state index in [1.165, 1.54) is 0 Å². The molecule has 0 saturated carbocycles. The lowest BCUT2D eigenvalue weighted by atomic mass is 10.3. The number of hydrogen-bond acceptors (Lipinski definition) is 3. The number of nitrogens with zero attached hydrogens (tertiary/aromatic N) is 1. The molecule has 0 bridgehead atoms. The van der Waals surface area contributed by atoms with Gasteiger partial charge in [-0.2, -0.15) is 0 Å². The van der Waals surface area contributed by atoms with Gasteiger partial charge < -0.3 is 10.1 Å². The SMILES string of the molecule is O=C(Nc1ccc(OCc2ccncc2)cc1)C(F)Cl. The molecule has 2 aromatic rings. The highest BCUT2D eigenvalue weighted by Crippen LogP contribution is 2.17. The first-order valence-electron chi connectivity index (χ1n) is 5.86. The number of amides is 1. The van der Waals surface area contributed by atoms with Crippen molar-refractivity contribution in [2.45, 2.75) is 12.2 Å². The maximum absolute atomic E-state index is 12.5. The van der Waals surface area contributed by atoms with Crippen molar-refractivity contribution < 1.29 is 13.9 Å².